The Bertz CT molecular complexity index is 879. The van der Waals surface area contributed by atoms with Gasteiger partial charge >= 0.3 is 0 Å². The molecular weight excluding hydrogens is 508 g/mol. The molecule has 0 saturated heterocycles. The van der Waals surface area contributed by atoms with Crippen molar-refractivity contribution in [3.8, 4) is 0 Å². The largest absolute Gasteiger partial charge is 0.378 e. The molecule has 26 heavy (non-hydrogen) atoms. The molecule has 1 unspecified atom stereocenters. The molecule has 0 aliphatic carbocycles. The van der Waals surface area contributed by atoms with Gasteiger partial charge in [0.1, 0.15) is 5.82 Å². The molecule has 0 spiro atoms. The van der Waals surface area contributed by atoms with E-state index < -0.39 is 0 Å². The molecule has 0 aliphatic rings. The van der Waals surface area contributed by atoms with Crippen LogP contribution in [0.15, 0.2) is 77.3 Å². The Morgan fingerprint density at radius 1 is 0.962 bits per heavy atom. The van der Waals surface area contributed by atoms with Crippen molar-refractivity contribution in [2.75, 3.05) is 5.32 Å². The van der Waals surface area contributed by atoms with Crippen molar-refractivity contribution in [3.05, 3.63) is 97.8 Å². The van der Waals surface area contributed by atoms with E-state index in [2.05, 4.69) is 43.8 Å². The lowest BCUT2D eigenvalue weighted by molar-refractivity contribution is 0.0976. The first kappa shape index (κ1) is 19.0. The molecule has 2 nitrogen and oxygen atoms in total. The summed E-state index contributed by atoms with van der Waals surface area (Å²) in [7, 11) is 0. The standard InChI is InChI=1S/C21H16BrFINO/c22-16-5-1-14(2-6-16)20(25-19-11-9-18(24)10-12-19)13-21(26)15-3-7-17(23)8-4-15/h1-12,20,25H,13H2. The van der Waals surface area contributed by atoms with E-state index in [9.17, 15) is 9.18 Å². The van der Waals surface area contributed by atoms with E-state index in [1.54, 1.807) is 0 Å². The van der Waals surface area contributed by atoms with Gasteiger partial charge in [-0.3, -0.25) is 4.79 Å². The fraction of sp³-hybridized carbons (Fsp3) is 0.0952. The molecule has 0 fully saturated rings. The number of halogens is 3. The van der Waals surface area contributed by atoms with Crippen LogP contribution in [-0.4, -0.2) is 5.78 Å². The summed E-state index contributed by atoms with van der Waals surface area (Å²) in [6.07, 6.45) is 0.277. The molecule has 1 atom stereocenters. The summed E-state index contributed by atoms with van der Waals surface area (Å²) in [5, 5.41) is 3.44. The van der Waals surface area contributed by atoms with Gasteiger partial charge in [0, 0.05) is 25.7 Å². The molecule has 0 amide bonds. The second-order valence-corrected chi connectivity index (χ2v) is 8.05. The minimum atomic E-state index is -0.344. The first-order valence-corrected chi connectivity index (χ1v) is 9.95. The zero-order valence-electron chi connectivity index (χ0n) is 13.8. The lowest BCUT2D eigenvalue weighted by atomic mass is 9.97. The van der Waals surface area contributed by atoms with Crippen molar-refractivity contribution >= 4 is 50.0 Å². The summed E-state index contributed by atoms with van der Waals surface area (Å²) in [6, 6.07) is 21.4. The third-order valence-electron chi connectivity index (χ3n) is 4.01. The molecule has 3 aromatic carbocycles. The van der Waals surface area contributed by atoms with Crippen LogP contribution in [0.1, 0.15) is 28.4 Å². The van der Waals surface area contributed by atoms with Gasteiger partial charge in [0.15, 0.2) is 5.78 Å². The maximum absolute atomic E-state index is 13.1. The number of carbonyl (C=O) groups is 1. The van der Waals surface area contributed by atoms with Gasteiger partial charge in [-0.1, -0.05) is 28.1 Å². The molecule has 132 valence electrons. The van der Waals surface area contributed by atoms with Crippen LogP contribution >= 0.6 is 38.5 Å². The summed E-state index contributed by atoms with van der Waals surface area (Å²) in [6.45, 7) is 0. The first-order chi connectivity index (χ1) is 12.5. The van der Waals surface area contributed by atoms with Crippen molar-refractivity contribution in [3.63, 3.8) is 0 Å². The summed E-state index contributed by atoms with van der Waals surface area (Å²) < 4.78 is 15.2. The summed E-state index contributed by atoms with van der Waals surface area (Å²) in [5.41, 5.74) is 2.48. The van der Waals surface area contributed by atoms with Gasteiger partial charge in [-0.2, -0.15) is 0 Å². The number of Topliss-reactive ketones (excluding diaryl/α,β-unsaturated/α-hetero) is 1. The number of hydrogen-bond acceptors (Lipinski definition) is 2. The number of anilines is 1. The highest BCUT2D eigenvalue weighted by Crippen LogP contribution is 2.26. The van der Waals surface area contributed by atoms with E-state index in [1.165, 1.54) is 24.3 Å². The van der Waals surface area contributed by atoms with Gasteiger partial charge in [0.2, 0.25) is 0 Å². The van der Waals surface area contributed by atoms with Gasteiger partial charge in [0.25, 0.3) is 0 Å². The minimum absolute atomic E-state index is 0.0315. The van der Waals surface area contributed by atoms with Crippen molar-refractivity contribution in [2.45, 2.75) is 12.5 Å². The van der Waals surface area contributed by atoms with Gasteiger partial charge in [-0.15, -0.1) is 0 Å². The lowest BCUT2D eigenvalue weighted by Gasteiger charge is -2.20. The van der Waals surface area contributed by atoms with Gasteiger partial charge in [0.05, 0.1) is 6.04 Å². The normalized spacial score (nSPS) is 11.8. The number of hydrogen-bond donors (Lipinski definition) is 1. The Kier molecular flexibility index (Phi) is 6.43. The predicted octanol–water partition coefficient (Wildman–Crippen LogP) is 6.62. The van der Waals surface area contributed by atoms with Gasteiger partial charge in [-0.05, 0) is 88.8 Å². The Hall–Kier alpha value is -1.73. The molecule has 3 rings (SSSR count). The summed E-state index contributed by atoms with van der Waals surface area (Å²) in [4.78, 5) is 12.7. The molecule has 0 heterocycles. The van der Waals surface area contributed by atoms with Crippen LogP contribution in [0, 0.1) is 9.39 Å². The van der Waals surface area contributed by atoms with Crippen LogP contribution < -0.4 is 5.32 Å². The summed E-state index contributed by atoms with van der Waals surface area (Å²) >= 11 is 5.70. The SMILES string of the molecule is O=C(CC(Nc1ccc(I)cc1)c1ccc(Br)cc1)c1ccc(F)cc1. The highest BCUT2D eigenvalue weighted by atomic mass is 127. The van der Waals surface area contributed by atoms with Crippen molar-refractivity contribution in [2.24, 2.45) is 0 Å². The topological polar surface area (TPSA) is 29.1 Å². The number of ketones is 1. The van der Waals surface area contributed by atoms with E-state index in [0.29, 0.717) is 5.56 Å². The maximum Gasteiger partial charge on any atom is 0.165 e. The molecule has 0 saturated carbocycles. The third kappa shape index (κ3) is 5.14. The monoisotopic (exact) mass is 523 g/mol. The molecule has 1 N–H and O–H groups in total. The Morgan fingerprint density at radius 2 is 1.58 bits per heavy atom. The summed E-state index contributed by atoms with van der Waals surface area (Å²) in [5.74, 6) is -0.376. The van der Waals surface area contributed by atoms with Crippen LogP contribution in [0.5, 0.6) is 0 Å². The van der Waals surface area contributed by atoms with Crippen molar-refractivity contribution in [1.82, 2.24) is 0 Å². The highest BCUT2D eigenvalue weighted by Gasteiger charge is 2.17. The van der Waals surface area contributed by atoms with Gasteiger partial charge < -0.3 is 5.32 Å². The molecule has 3 aromatic rings. The van der Waals surface area contributed by atoms with Crippen LogP contribution in [0.3, 0.4) is 0 Å². The fourth-order valence-electron chi connectivity index (χ4n) is 2.63. The Labute approximate surface area is 174 Å². The molecule has 5 heteroatoms. The lowest BCUT2D eigenvalue weighted by Crippen LogP contribution is -2.16. The Balaban J connectivity index is 1.84. The quantitative estimate of drug-likeness (QED) is 0.290. The van der Waals surface area contributed by atoms with Crippen molar-refractivity contribution in [1.29, 1.82) is 0 Å². The minimum Gasteiger partial charge on any atom is -0.378 e. The van der Waals surface area contributed by atoms with Crippen LogP contribution in [0.2, 0.25) is 0 Å². The van der Waals surface area contributed by atoms with E-state index in [0.717, 1.165) is 19.3 Å². The van der Waals surface area contributed by atoms with Crippen LogP contribution in [-0.2, 0) is 0 Å². The van der Waals surface area contributed by atoms with Crippen LogP contribution in [0.4, 0.5) is 10.1 Å². The molecule has 0 radical (unpaired) electrons. The fourth-order valence-corrected chi connectivity index (χ4v) is 3.26. The molecule has 0 aromatic heterocycles. The second kappa shape index (κ2) is 8.77. The smallest absolute Gasteiger partial charge is 0.165 e. The number of rotatable bonds is 6. The van der Waals surface area contributed by atoms with Crippen molar-refractivity contribution < 1.29 is 9.18 Å². The first-order valence-electron chi connectivity index (χ1n) is 8.07. The molecule has 0 bridgehead atoms. The maximum atomic E-state index is 13.1. The van der Waals surface area contributed by atoms with E-state index in [-0.39, 0.29) is 24.1 Å². The van der Waals surface area contributed by atoms with E-state index >= 15 is 0 Å². The highest BCUT2D eigenvalue weighted by molar-refractivity contribution is 14.1. The predicted molar refractivity (Wildman–Crippen MR) is 115 cm³/mol. The van der Waals surface area contributed by atoms with Crippen LogP contribution in [0.25, 0.3) is 0 Å². The molecular formula is C21H16BrFINO. The zero-order chi connectivity index (χ0) is 18.5. The zero-order valence-corrected chi connectivity index (χ0v) is 17.5. The van der Waals surface area contributed by atoms with Gasteiger partial charge in [-0.25, -0.2) is 4.39 Å². The van der Waals surface area contributed by atoms with E-state index in [1.807, 2.05) is 48.5 Å². The average Bonchev–Trinajstić information content (AvgIpc) is 2.64. The number of nitrogens with one attached hydrogen (secondary N) is 1. The van der Waals surface area contributed by atoms with E-state index in [4.69, 9.17) is 0 Å². The molecule has 0 aliphatic heterocycles. The third-order valence-corrected chi connectivity index (χ3v) is 5.26. The second-order valence-electron chi connectivity index (χ2n) is 5.89. The number of carbonyl (C=O) groups excluding carboxylic acids is 1. The number of benzene rings is 3. The Morgan fingerprint density at radius 3 is 2.19 bits per heavy atom. The average molecular weight is 524 g/mol.